The fraction of sp³-hybridized carbons (Fsp3) is 0.238. The second-order valence-electron chi connectivity index (χ2n) is 7.28. The molecule has 2 aromatic heterocycles. The minimum Gasteiger partial charge on any atom is -0.272 e. The van der Waals surface area contributed by atoms with E-state index in [2.05, 4.69) is 30.0 Å². The predicted molar refractivity (Wildman–Crippen MR) is 130 cm³/mol. The van der Waals surface area contributed by atoms with Crippen molar-refractivity contribution < 1.29 is 13.4 Å². The van der Waals surface area contributed by atoms with Crippen LogP contribution in [0.1, 0.15) is 28.2 Å². The van der Waals surface area contributed by atoms with Crippen LogP contribution in [0.15, 0.2) is 35.2 Å². The first-order valence-corrected chi connectivity index (χ1v) is 12.4. The number of nitrogens with zero attached hydrogens (tertiary/aromatic N) is 3. The topological polar surface area (TPSA) is 111 Å². The Hall–Kier alpha value is -2.46. The minimum atomic E-state index is -4.19. The van der Waals surface area contributed by atoms with Gasteiger partial charge in [-0.3, -0.25) is 4.99 Å². The fourth-order valence-electron chi connectivity index (χ4n) is 3.10. The zero-order chi connectivity index (χ0) is 24.3. The summed E-state index contributed by atoms with van der Waals surface area (Å²) in [6, 6.07) is 9.00. The zero-order valence-corrected chi connectivity index (χ0v) is 21.4. The molecule has 0 saturated carbocycles. The maximum Gasteiger partial charge on any atom is 0.366 e. The van der Waals surface area contributed by atoms with Gasteiger partial charge in [-0.25, -0.2) is 20.3 Å². The van der Waals surface area contributed by atoms with Crippen LogP contribution in [0.2, 0.25) is 15.2 Å². The Kier molecular flexibility index (Phi) is 7.79. The molecule has 0 saturated heterocycles. The van der Waals surface area contributed by atoms with E-state index in [0.29, 0.717) is 22.1 Å². The first kappa shape index (κ1) is 25.2. The van der Waals surface area contributed by atoms with Crippen molar-refractivity contribution >= 4 is 56.7 Å². The Balaban J connectivity index is 2.03. The number of sulfonamides is 1. The molecule has 0 aliphatic heterocycles. The third-order valence-corrected chi connectivity index (χ3v) is 7.40. The number of hydrogen-bond acceptors (Lipinski definition) is 5. The summed E-state index contributed by atoms with van der Waals surface area (Å²) in [7, 11) is -4.19. The Morgan fingerprint density at radius 1 is 1.00 bits per heavy atom. The highest BCUT2D eigenvalue weighted by Crippen LogP contribution is 2.30. The molecule has 0 spiro atoms. The van der Waals surface area contributed by atoms with Crippen LogP contribution < -0.4 is 15.0 Å². The Morgan fingerprint density at radius 3 is 2.27 bits per heavy atom. The maximum absolute atomic E-state index is 13.3. The molecule has 12 heteroatoms. The fourth-order valence-corrected chi connectivity index (χ4v) is 5.33. The van der Waals surface area contributed by atoms with Crippen molar-refractivity contribution in [3.05, 3.63) is 73.7 Å². The zero-order valence-electron chi connectivity index (χ0n) is 18.3. The highest BCUT2D eigenvalue weighted by atomic mass is 35.5. The van der Waals surface area contributed by atoms with Crippen LogP contribution >= 0.6 is 34.8 Å². The summed E-state index contributed by atoms with van der Waals surface area (Å²) < 4.78 is 29.1. The van der Waals surface area contributed by atoms with Gasteiger partial charge in [-0.1, -0.05) is 53.0 Å². The first-order chi connectivity index (χ1) is 15.5. The molecule has 3 aromatic rings. The van der Waals surface area contributed by atoms with E-state index in [4.69, 9.17) is 34.8 Å². The number of anilines is 1. The quantitative estimate of drug-likeness (QED) is 0.267. The van der Waals surface area contributed by atoms with Crippen molar-refractivity contribution in [2.75, 3.05) is 5.32 Å². The number of benzene rings is 1. The van der Waals surface area contributed by atoms with Crippen molar-refractivity contribution in [3.8, 4) is 0 Å². The molecule has 3 rings (SSSR count). The van der Waals surface area contributed by atoms with Crippen molar-refractivity contribution in [1.82, 2.24) is 19.7 Å². The maximum atomic E-state index is 13.3. The number of aryl methyl sites for hydroxylation is 3. The smallest absolute Gasteiger partial charge is 0.272 e. The molecule has 0 aliphatic rings. The lowest BCUT2D eigenvalue weighted by Gasteiger charge is -2.12. The molecular weight excluding hydrogens is 507 g/mol. The SMILES string of the molecule is Cc1cc(C)nc(NC(NS(=O)(=O)c2c(Cl)nc(C)c(Cl)c2C)=[NH+]Cc2ccccc2Cl)n1. The Bertz CT molecular complexity index is 1330. The van der Waals surface area contributed by atoms with Crippen LogP contribution in [0.5, 0.6) is 0 Å². The molecule has 0 atom stereocenters. The summed E-state index contributed by atoms with van der Waals surface area (Å²) in [5, 5.41) is 3.46. The van der Waals surface area contributed by atoms with Gasteiger partial charge in [0.2, 0.25) is 0 Å². The molecule has 0 fully saturated rings. The third-order valence-electron chi connectivity index (χ3n) is 4.58. The molecule has 0 radical (unpaired) electrons. The lowest BCUT2D eigenvalue weighted by atomic mass is 10.2. The molecule has 174 valence electrons. The number of aromatic nitrogens is 3. The van der Waals surface area contributed by atoms with Crippen LogP contribution in [0, 0.1) is 27.7 Å². The first-order valence-electron chi connectivity index (χ1n) is 9.76. The highest BCUT2D eigenvalue weighted by Gasteiger charge is 2.30. The lowest BCUT2D eigenvalue weighted by Crippen LogP contribution is -2.77. The second kappa shape index (κ2) is 10.2. The van der Waals surface area contributed by atoms with E-state index in [1.165, 1.54) is 0 Å². The second-order valence-corrected chi connectivity index (χ2v) is 10.0. The van der Waals surface area contributed by atoms with Crippen molar-refractivity contribution in [3.63, 3.8) is 0 Å². The third kappa shape index (κ3) is 6.11. The Morgan fingerprint density at radius 2 is 1.64 bits per heavy atom. The lowest BCUT2D eigenvalue weighted by molar-refractivity contribution is -0.476. The summed E-state index contributed by atoms with van der Waals surface area (Å²) in [6.45, 7) is 7.05. The summed E-state index contributed by atoms with van der Waals surface area (Å²) in [4.78, 5) is 15.4. The molecule has 0 bridgehead atoms. The predicted octanol–water partition coefficient (Wildman–Crippen LogP) is 3.09. The average molecular weight is 529 g/mol. The largest absolute Gasteiger partial charge is 0.366 e. The van der Waals surface area contributed by atoms with Gasteiger partial charge in [-0.05, 0) is 45.4 Å². The van der Waals surface area contributed by atoms with Crippen LogP contribution in [-0.4, -0.2) is 29.3 Å². The molecule has 8 nitrogen and oxygen atoms in total. The number of guanidine groups is 1. The number of hydrogen-bond donors (Lipinski definition) is 3. The Labute approximate surface area is 207 Å². The molecule has 3 N–H and O–H groups in total. The number of rotatable bonds is 5. The van der Waals surface area contributed by atoms with Crippen molar-refractivity contribution in [2.24, 2.45) is 0 Å². The van der Waals surface area contributed by atoms with Crippen molar-refractivity contribution in [1.29, 1.82) is 0 Å². The van der Waals surface area contributed by atoms with Gasteiger partial charge in [0.1, 0.15) is 4.90 Å². The summed E-state index contributed by atoms with van der Waals surface area (Å²) >= 11 is 18.7. The van der Waals surface area contributed by atoms with Gasteiger partial charge in [0, 0.05) is 22.0 Å². The van der Waals surface area contributed by atoms with Gasteiger partial charge in [-0.2, -0.15) is 13.1 Å². The van der Waals surface area contributed by atoms with Crippen LogP contribution in [0.3, 0.4) is 0 Å². The van der Waals surface area contributed by atoms with E-state index >= 15 is 0 Å². The standard InChI is InChI=1S/C21H21Cl3N6O2S/c1-11-9-12(2)27-21(26-11)29-20(25-10-15-7-5-6-8-16(15)22)30-33(31,32)18-13(3)17(23)14(4)28-19(18)24/h5-9H,10H2,1-4H3,(H2,25,26,27,29,30)/p+1. The van der Waals surface area contributed by atoms with E-state index in [1.54, 1.807) is 32.0 Å². The van der Waals surface area contributed by atoms with Gasteiger partial charge in [-0.15, -0.1) is 0 Å². The minimum absolute atomic E-state index is 0.00656. The molecule has 33 heavy (non-hydrogen) atoms. The molecule has 1 aromatic carbocycles. The average Bonchev–Trinajstić information content (AvgIpc) is 2.70. The summed E-state index contributed by atoms with van der Waals surface area (Å²) in [5.74, 6) is 0.215. The van der Waals surface area contributed by atoms with E-state index in [9.17, 15) is 8.42 Å². The number of halogens is 3. The van der Waals surface area contributed by atoms with Gasteiger partial charge in [0.25, 0.3) is 5.95 Å². The van der Waals surface area contributed by atoms with Gasteiger partial charge >= 0.3 is 16.0 Å². The summed E-state index contributed by atoms with van der Waals surface area (Å²) in [5.41, 5.74) is 2.90. The van der Waals surface area contributed by atoms with Crippen molar-refractivity contribution in [2.45, 2.75) is 39.1 Å². The van der Waals surface area contributed by atoms with E-state index in [-0.39, 0.29) is 39.1 Å². The molecule has 0 aliphatic carbocycles. The van der Waals surface area contributed by atoms with Gasteiger partial charge in [0.05, 0.1) is 17.3 Å². The molecule has 2 heterocycles. The highest BCUT2D eigenvalue weighted by molar-refractivity contribution is 7.90. The molecular formula is C21H22Cl3N6O2S+. The summed E-state index contributed by atoms with van der Waals surface area (Å²) in [6.07, 6.45) is 0. The van der Waals surface area contributed by atoms with Crippen LogP contribution in [-0.2, 0) is 16.6 Å². The van der Waals surface area contributed by atoms with Crippen LogP contribution in [0.25, 0.3) is 0 Å². The molecule has 0 amide bonds. The van der Waals surface area contributed by atoms with E-state index < -0.39 is 10.0 Å². The number of nitrogens with one attached hydrogen (secondary N) is 3. The van der Waals surface area contributed by atoms with Gasteiger partial charge in [0.15, 0.2) is 5.15 Å². The van der Waals surface area contributed by atoms with Gasteiger partial charge < -0.3 is 0 Å². The number of pyridine rings is 1. The van der Waals surface area contributed by atoms with E-state index in [1.807, 2.05) is 26.0 Å². The van der Waals surface area contributed by atoms with E-state index in [0.717, 1.165) is 5.56 Å². The monoisotopic (exact) mass is 527 g/mol. The van der Waals surface area contributed by atoms with Crippen LogP contribution in [0.4, 0.5) is 5.95 Å². The normalized spacial score (nSPS) is 12.0. The molecule has 0 unspecified atom stereocenters.